The summed E-state index contributed by atoms with van der Waals surface area (Å²) in [5.74, 6) is 2.28. The molecular weight excluding hydrogens is 472 g/mol. The van der Waals surface area contributed by atoms with Gasteiger partial charge in [0.05, 0.1) is 12.2 Å². The summed E-state index contributed by atoms with van der Waals surface area (Å²) in [6.45, 7) is 2.83. The van der Waals surface area contributed by atoms with Crippen molar-refractivity contribution in [3.8, 4) is 11.5 Å². The molecule has 0 bridgehead atoms. The van der Waals surface area contributed by atoms with Crippen LogP contribution in [0.15, 0.2) is 78.9 Å². The van der Waals surface area contributed by atoms with Crippen molar-refractivity contribution in [3.05, 3.63) is 95.6 Å². The zero-order valence-electron chi connectivity index (χ0n) is 22.8. The standard InChI is InChI=1S/C34H44O4/c1-26(11-8-16-27-12-4-2-5-13-27)38-31-20-21-32(34(24-31)37-25-28-14-6-3-7-15-28)33-23-30(36)19-9-17-29(33)18-10-22-35/h2-7,12-15,20-21,24,26,29-30,33,35-36H,8-11,16-19,22-23,25H2,1H3/t26?,29-,30-,33-/m1/s1. The first-order valence-corrected chi connectivity index (χ1v) is 14.4. The Bertz CT molecular complexity index is 1070. The van der Waals surface area contributed by atoms with Gasteiger partial charge in [0.1, 0.15) is 18.1 Å². The number of aryl methyl sites for hydroxylation is 1. The lowest BCUT2D eigenvalue weighted by atomic mass is 9.79. The van der Waals surface area contributed by atoms with Crippen molar-refractivity contribution in [1.82, 2.24) is 0 Å². The Balaban J connectivity index is 1.50. The summed E-state index contributed by atoms with van der Waals surface area (Å²) in [6.07, 6.45) is 8.32. The molecule has 4 nitrogen and oxygen atoms in total. The van der Waals surface area contributed by atoms with Gasteiger partial charge >= 0.3 is 0 Å². The van der Waals surface area contributed by atoms with E-state index in [4.69, 9.17) is 9.47 Å². The number of aliphatic hydroxyl groups excluding tert-OH is 2. The highest BCUT2D eigenvalue weighted by Crippen LogP contribution is 2.44. The molecule has 1 saturated carbocycles. The van der Waals surface area contributed by atoms with Crippen LogP contribution in [0.1, 0.15) is 80.9 Å². The highest BCUT2D eigenvalue weighted by molar-refractivity contribution is 5.43. The third-order valence-electron chi connectivity index (χ3n) is 7.82. The van der Waals surface area contributed by atoms with Crippen LogP contribution in [-0.4, -0.2) is 29.0 Å². The maximum absolute atomic E-state index is 10.7. The van der Waals surface area contributed by atoms with Crippen LogP contribution >= 0.6 is 0 Å². The fraction of sp³-hybridized carbons (Fsp3) is 0.471. The molecule has 2 N–H and O–H groups in total. The SMILES string of the molecule is CC(CCCc1ccccc1)Oc1ccc([C@@H]2C[C@H](O)CCC[C@@H]2CCCO)c(OCc2ccccc2)c1. The van der Waals surface area contributed by atoms with Crippen LogP contribution in [0.3, 0.4) is 0 Å². The molecule has 4 heteroatoms. The van der Waals surface area contributed by atoms with Crippen molar-refractivity contribution in [2.24, 2.45) is 5.92 Å². The third-order valence-corrected chi connectivity index (χ3v) is 7.82. The molecule has 3 aromatic rings. The van der Waals surface area contributed by atoms with Gasteiger partial charge in [0.25, 0.3) is 0 Å². The van der Waals surface area contributed by atoms with Crippen molar-refractivity contribution in [2.45, 2.75) is 89.4 Å². The fourth-order valence-electron chi connectivity index (χ4n) is 5.78. The van der Waals surface area contributed by atoms with Crippen molar-refractivity contribution in [2.75, 3.05) is 6.61 Å². The molecule has 38 heavy (non-hydrogen) atoms. The van der Waals surface area contributed by atoms with E-state index in [0.29, 0.717) is 12.5 Å². The molecule has 0 aliphatic heterocycles. The van der Waals surface area contributed by atoms with Crippen LogP contribution in [0.2, 0.25) is 0 Å². The molecule has 1 aliphatic carbocycles. The first-order chi connectivity index (χ1) is 18.6. The molecule has 0 amide bonds. The maximum atomic E-state index is 10.7. The number of benzene rings is 3. The van der Waals surface area contributed by atoms with E-state index >= 15 is 0 Å². The minimum atomic E-state index is -0.304. The summed E-state index contributed by atoms with van der Waals surface area (Å²) >= 11 is 0. The van der Waals surface area contributed by atoms with E-state index in [1.165, 1.54) is 5.56 Å². The zero-order valence-corrected chi connectivity index (χ0v) is 22.8. The molecule has 4 atom stereocenters. The van der Waals surface area contributed by atoms with E-state index in [0.717, 1.165) is 80.4 Å². The Labute approximate surface area is 228 Å². The first kappa shape index (κ1) is 28.2. The molecule has 0 radical (unpaired) electrons. The molecule has 1 unspecified atom stereocenters. The van der Waals surface area contributed by atoms with Crippen LogP contribution in [0.25, 0.3) is 0 Å². The van der Waals surface area contributed by atoms with E-state index in [2.05, 4.69) is 61.5 Å². The molecular formula is C34H44O4. The van der Waals surface area contributed by atoms with Gasteiger partial charge in [-0.25, -0.2) is 0 Å². The lowest BCUT2D eigenvalue weighted by Gasteiger charge is -2.28. The second-order valence-electron chi connectivity index (χ2n) is 10.8. The first-order valence-electron chi connectivity index (χ1n) is 14.4. The van der Waals surface area contributed by atoms with Crippen LogP contribution in [0.5, 0.6) is 11.5 Å². The normalized spacial score (nSPS) is 20.4. The largest absolute Gasteiger partial charge is 0.491 e. The highest BCUT2D eigenvalue weighted by atomic mass is 16.5. The van der Waals surface area contributed by atoms with Gasteiger partial charge in [-0.2, -0.15) is 0 Å². The van der Waals surface area contributed by atoms with E-state index in [9.17, 15) is 10.2 Å². The zero-order chi connectivity index (χ0) is 26.6. The van der Waals surface area contributed by atoms with Gasteiger partial charge in [0.15, 0.2) is 0 Å². The van der Waals surface area contributed by atoms with Crippen LogP contribution in [0, 0.1) is 5.92 Å². The minimum absolute atomic E-state index is 0.101. The van der Waals surface area contributed by atoms with Crippen LogP contribution in [0.4, 0.5) is 0 Å². The molecule has 204 valence electrons. The third kappa shape index (κ3) is 8.61. The summed E-state index contributed by atoms with van der Waals surface area (Å²) in [5, 5.41) is 20.2. The lowest BCUT2D eigenvalue weighted by Crippen LogP contribution is -2.18. The molecule has 1 aliphatic rings. The van der Waals surface area contributed by atoms with Crippen molar-refractivity contribution in [1.29, 1.82) is 0 Å². The highest BCUT2D eigenvalue weighted by Gasteiger charge is 2.31. The van der Waals surface area contributed by atoms with Gasteiger partial charge in [0, 0.05) is 12.7 Å². The predicted molar refractivity (Wildman–Crippen MR) is 154 cm³/mol. The van der Waals surface area contributed by atoms with E-state index in [1.54, 1.807) is 0 Å². The van der Waals surface area contributed by atoms with Gasteiger partial charge in [-0.15, -0.1) is 0 Å². The van der Waals surface area contributed by atoms with Crippen molar-refractivity contribution in [3.63, 3.8) is 0 Å². The van der Waals surface area contributed by atoms with Gasteiger partial charge in [-0.05, 0) is 92.9 Å². The van der Waals surface area contributed by atoms with Gasteiger partial charge in [0.2, 0.25) is 0 Å². The predicted octanol–water partition coefficient (Wildman–Crippen LogP) is 7.46. The number of hydrogen-bond donors (Lipinski definition) is 2. The molecule has 1 fully saturated rings. The second kappa shape index (κ2) is 14.9. The van der Waals surface area contributed by atoms with E-state index in [-0.39, 0.29) is 24.7 Å². The smallest absolute Gasteiger partial charge is 0.126 e. The second-order valence-corrected chi connectivity index (χ2v) is 10.8. The Hall–Kier alpha value is -2.82. The number of hydrogen-bond acceptors (Lipinski definition) is 4. The number of ether oxygens (including phenoxy) is 2. The average Bonchev–Trinajstić information content (AvgIpc) is 3.12. The Morgan fingerprint density at radius 1 is 0.895 bits per heavy atom. The number of aliphatic hydroxyl groups is 2. The summed E-state index contributed by atoms with van der Waals surface area (Å²) in [7, 11) is 0. The summed E-state index contributed by atoms with van der Waals surface area (Å²) in [4.78, 5) is 0. The van der Waals surface area contributed by atoms with Crippen molar-refractivity contribution >= 4 is 0 Å². The quantitative estimate of drug-likeness (QED) is 0.232. The Morgan fingerprint density at radius 2 is 1.63 bits per heavy atom. The van der Waals surface area contributed by atoms with Gasteiger partial charge in [-0.3, -0.25) is 0 Å². The van der Waals surface area contributed by atoms with Gasteiger partial charge < -0.3 is 19.7 Å². The monoisotopic (exact) mass is 516 g/mol. The Kier molecular flexibility index (Phi) is 11.1. The molecule has 0 aromatic heterocycles. The molecule has 4 rings (SSSR count). The van der Waals surface area contributed by atoms with E-state index in [1.807, 2.05) is 24.3 Å². The molecule has 0 saturated heterocycles. The summed E-state index contributed by atoms with van der Waals surface area (Å²) in [5.41, 5.74) is 3.63. The molecule has 0 heterocycles. The topological polar surface area (TPSA) is 58.9 Å². The Morgan fingerprint density at radius 3 is 2.37 bits per heavy atom. The number of rotatable bonds is 13. The summed E-state index contributed by atoms with van der Waals surface area (Å²) in [6, 6.07) is 27.1. The van der Waals surface area contributed by atoms with Crippen molar-refractivity contribution < 1.29 is 19.7 Å². The molecule has 0 spiro atoms. The lowest BCUT2D eigenvalue weighted by molar-refractivity contribution is 0.146. The summed E-state index contributed by atoms with van der Waals surface area (Å²) < 4.78 is 12.8. The molecule has 3 aromatic carbocycles. The van der Waals surface area contributed by atoms with E-state index < -0.39 is 0 Å². The maximum Gasteiger partial charge on any atom is 0.126 e. The fourth-order valence-corrected chi connectivity index (χ4v) is 5.78. The minimum Gasteiger partial charge on any atom is -0.491 e. The average molecular weight is 517 g/mol. The van der Waals surface area contributed by atoms with Gasteiger partial charge in [-0.1, -0.05) is 73.2 Å². The van der Waals surface area contributed by atoms with Crippen LogP contribution < -0.4 is 9.47 Å². The van der Waals surface area contributed by atoms with Crippen LogP contribution in [-0.2, 0) is 13.0 Å².